The molecule has 0 radical (unpaired) electrons. The highest BCUT2D eigenvalue weighted by Crippen LogP contribution is 2.33. The van der Waals surface area contributed by atoms with Crippen molar-refractivity contribution in [3.63, 3.8) is 0 Å². The summed E-state index contributed by atoms with van der Waals surface area (Å²) < 4.78 is 0. The number of halogens is 1. The van der Waals surface area contributed by atoms with E-state index in [1.165, 1.54) is 12.8 Å². The lowest BCUT2D eigenvalue weighted by atomic mass is 9.86. The number of nitrogens with zero attached hydrogens (tertiary/aromatic N) is 1. The Labute approximate surface area is 244 Å². The van der Waals surface area contributed by atoms with Crippen molar-refractivity contribution < 1.29 is 14.4 Å². The van der Waals surface area contributed by atoms with Crippen LogP contribution in [0.4, 0.5) is 0 Å². The van der Waals surface area contributed by atoms with Gasteiger partial charge in [0.25, 0.3) is 0 Å². The molecule has 2 aromatic rings. The first-order valence-electron chi connectivity index (χ1n) is 14.9. The van der Waals surface area contributed by atoms with Crippen LogP contribution in [0.2, 0.25) is 5.02 Å². The van der Waals surface area contributed by atoms with Crippen LogP contribution in [-0.2, 0) is 20.9 Å². The monoisotopic (exact) mass is 565 g/mol. The van der Waals surface area contributed by atoms with Gasteiger partial charge in [-0.3, -0.25) is 14.4 Å². The average molecular weight is 566 g/mol. The van der Waals surface area contributed by atoms with Crippen LogP contribution >= 0.6 is 11.6 Å². The number of carbonyl (C=O) groups is 3. The zero-order chi connectivity index (χ0) is 28.7. The van der Waals surface area contributed by atoms with Gasteiger partial charge in [-0.1, -0.05) is 98.2 Å². The first-order chi connectivity index (χ1) is 19.2. The van der Waals surface area contributed by atoms with Crippen LogP contribution in [0, 0.1) is 12.3 Å². The molecule has 2 aliphatic rings. The van der Waals surface area contributed by atoms with Gasteiger partial charge in [0.15, 0.2) is 0 Å². The second-order valence-corrected chi connectivity index (χ2v) is 12.5. The van der Waals surface area contributed by atoms with Crippen molar-refractivity contribution in [1.29, 1.82) is 0 Å². The van der Waals surface area contributed by atoms with Gasteiger partial charge >= 0.3 is 0 Å². The molecule has 4 rings (SSSR count). The van der Waals surface area contributed by atoms with E-state index in [1.54, 1.807) is 24.8 Å². The minimum Gasteiger partial charge on any atom is -0.352 e. The van der Waals surface area contributed by atoms with Gasteiger partial charge in [0, 0.05) is 23.7 Å². The fourth-order valence-electron chi connectivity index (χ4n) is 5.91. The molecule has 2 fully saturated rings. The van der Waals surface area contributed by atoms with Crippen LogP contribution in [-0.4, -0.2) is 34.7 Å². The summed E-state index contributed by atoms with van der Waals surface area (Å²) in [5.41, 5.74) is 1.12. The Bertz CT molecular complexity index is 1170. The van der Waals surface area contributed by atoms with E-state index >= 15 is 0 Å². The van der Waals surface area contributed by atoms with Crippen LogP contribution in [0.5, 0.6) is 0 Å². The van der Waals surface area contributed by atoms with Crippen molar-refractivity contribution in [2.45, 2.75) is 110 Å². The molecule has 0 aliphatic heterocycles. The third kappa shape index (κ3) is 7.45. The summed E-state index contributed by atoms with van der Waals surface area (Å²) in [4.78, 5) is 43.7. The largest absolute Gasteiger partial charge is 0.352 e. The molecular formula is C33H44ClN3O3. The minimum atomic E-state index is -1.38. The van der Waals surface area contributed by atoms with Crippen LogP contribution < -0.4 is 10.6 Å². The molecule has 0 bridgehead atoms. The Kier molecular flexibility index (Phi) is 10.3. The highest BCUT2D eigenvalue weighted by molar-refractivity contribution is 6.31. The number of carbonyl (C=O) groups excluding carboxylic acids is 3. The molecule has 2 N–H and O–H groups in total. The summed E-state index contributed by atoms with van der Waals surface area (Å²) in [6.45, 7) is 5.43. The first-order valence-corrected chi connectivity index (χ1v) is 15.3. The molecule has 2 aromatic carbocycles. The molecule has 2 saturated carbocycles. The Hall–Kier alpha value is -2.86. The predicted octanol–water partition coefficient (Wildman–Crippen LogP) is 6.64. The van der Waals surface area contributed by atoms with E-state index in [2.05, 4.69) is 10.6 Å². The SMILES string of the molecule is Cc1ccc(C(C(=O)NC2CCCCC2)N(Cc2ccccc2Cl)C(=O)C(C)(C)C(=O)NC2CCCCC2)cc1. The van der Waals surface area contributed by atoms with E-state index < -0.39 is 17.4 Å². The quantitative estimate of drug-likeness (QED) is 0.334. The molecule has 7 heteroatoms. The van der Waals surface area contributed by atoms with Gasteiger partial charge in [-0.15, -0.1) is 0 Å². The van der Waals surface area contributed by atoms with E-state index in [0.29, 0.717) is 10.6 Å². The summed E-state index contributed by atoms with van der Waals surface area (Å²) in [6.07, 6.45) is 10.4. The third-order valence-corrected chi connectivity index (χ3v) is 8.88. The van der Waals surface area contributed by atoms with Crippen LogP contribution in [0.15, 0.2) is 48.5 Å². The van der Waals surface area contributed by atoms with Gasteiger partial charge in [-0.25, -0.2) is 0 Å². The van der Waals surface area contributed by atoms with Crippen molar-refractivity contribution in [2.24, 2.45) is 5.41 Å². The van der Waals surface area contributed by atoms with Gasteiger partial charge in [0.2, 0.25) is 17.7 Å². The van der Waals surface area contributed by atoms with Crippen LogP contribution in [0.3, 0.4) is 0 Å². The van der Waals surface area contributed by atoms with Crippen molar-refractivity contribution >= 4 is 29.3 Å². The van der Waals surface area contributed by atoms with Crippen molar-refractivity contribution in [3.8, 4) is 0 Å². The number of hydrogen-bond donors (Lipinski definition) is 2. The van der Waals surface area contributed by atoms with E-state index in [4.69, 9.17) is 11.6 Å². The average Bonchev–Trinajstić information content (AvgIpc) is 2.95. The molecule has 0 heterocycles. The summed E-state index contributed by atoms with van der Waals surface area (Å²) in [5.74, 6) is -0.923. The number of nitrogens with one attached hydrogen (secondary N) is 2. The zero-order valence-corrected chi connectivity index (χ0v) is 24.9. The minimum absolute atomic E-state index is 0.0767. The highest BCUT2D eigenvalue weighted by atomic mass is 35.5. The number of amides is 3. The standard InChI is InChI=1S/C33H44ClN3O3/c1-23-18-20-24(21-19-23)29(30(38)35-26-13-6-4-7-14-26)37(22-25-12-10-11-17-28(25)34)32(40)33(2,3)31(39)36-27-15-8-5-9-16-27/h10-12,17-21,26-27,29H,4-9,13-16,22H2,1-3H3,(H,35,38)(H,36,39). The lowest BCUT2D eigenvalue weighted by Crippen LogP contribution is -2.55. The molecule has 1 unspecified atom stereocenters. The maximum atomic E-state index is 14.5. The van der Waals surface area contributed by atoms with E-state index in [0.717, 1.165) is 62.5 Å². The fraction of sp³-hybridized carbons (Fsp3) is 0.545. The fourth-order valence-corrected chi connectivity index (χ4v) is 6.10. The van der Waals surface area contributed by atoms with Crippen molar-refractivity contribution in [3.05, 3.63) is 70.2 Å². The normalized spacial score (nSPS) is 17.6. The summed E-state index contributed by atoms with van der Waals surface area (Å²) in [7, 11) is 0. The van der Waals surface area contributed by atoms with Gasteiger partial charge in [-0.2, -0.15) is 0 Å². The molecule has 0 saturated heterocycles. The lowest BCUT2D eigenvalue weighted by molar-refractivity contribution is -0.154. The molecular weight excluding hydrogens is 522 g/mol. The van der Waals surface area contributed by atoms with Crippen LogP contribution in [0.1, 0.15) is 101 Å². The van der Waals surface area contributed by atoms with Gasteiger partial charge in [0.1, 0.15) is 11.5 Å². The maximum absolute atomic E-state index is 14.5. The Morgan fingerprint density at radius 2 is 1.40 bits per heavy atom. The van der Waals surface area contributed by atoms with E-state index in [9.17, 15) is 14.4 Å². The van der Waals surface area contributed by atoms with Gasteiger partial charge < -0.3 is 15.5 Å². The van der Waals surface area contributed by atoms with E-state index in [-0.39, 0.29) is 30.4 Å². The zero-order valence-electron chi connectivity index (χ0n) is 24.2. The second kappa shape index (κ2) is 13.7. The molecule has 216 valence electrons. The number of hydrogen-bond acceptors (Lipinski definition) is 3. The highest BCUT2D eigenvalue weighted by Gasteiger charge is 2.44. The molecule has 6 nitrogen and oxygen atoms in total. The van der Waals surface area contributed by atoms with Crippen molar-refractivity contribution in [1.82, 2.24) is 15.5 Å². The summed E-state index contributed by atoms with van der Waals surface area (Å²) in [6, 6.07) is 14.3. The molecule has 0 spiro atoms. The maximum Gasteiger partial charge on any atom is 0.247 e. The Morgan fingerprint density at radius 3 is 1.98 bits per heavy atom. The van der Waals surface area contributed by atoms with Gasteiger partial charge in [-0.05, 0) is 63.6 Å². The second-order valence-electron chi connectivity index (χ2n) is 12.1. The lowest BCUT2D eigenvalue weighted by Gasteiger charge is -2.38. The first kappa shape index (κ1) is 30.1. The third-order valence-electron chi connectivity index (χ3n) is 8.51. The van der Waals surface area contributed by atoms with Crippen LogP contribution in [0.25, 0.3) is 0 Å². The molecule has 1 atom stereocenters. The van der Waals surface area contributed by atoms with Crippen molar-refractivity contribution in [2.75, 3.05) is 0 Å². The van der Waals surface area contributed by atoms with Gasteiger partial charge in [0.05, 0.1) is 0 Å². The Balaban J connectivity index is 1.71. The number of aryl methyl sites for hydroxylation is 1. The molecule has 2 aliphatic carbocycles. The molecule has 40 heavy (non-hydrogen) atoms. The predicted molar refractivity (Wildman–Crippen MR) is 160 cm³/mol. The molecule has 0 aromatic heterocycles. The molecule has 3 amide bonds. The Morgan fingerprint density at radius 1 is 0.850 bits per heavy atom. The topological polar surface area (TPSA) is 78.5 Å². The number of rotatable bonds is 9. The smallest absolute Gasteiger partial charge is 0.247 e. The van der Waals surface area contributed by atoms with E-state index in [1.807, 2.05) is 49.4 Å². The number of benzene rings is 2. The summed E-state index contributed by atoms with van der Waals surface area (Å²) >= 11 is 6.57. The summed E-state index contributed by atoms with van der Waals surface area (Å²) in [5, 5.41) is 6.90.